The minimum atomic E-state index is 0.900. The number of pyridine rings is 3. The number of benzene rings is 3. The number of nitrogens with zero attached hydrogens (tertiary/aromatic N) is 5. The van der Waals surface area contributed by atoms with Crippen molar-refractivity contribution in [3.63, 3.8) is 0 Å². The molecule has 0 amide bonds. The number of fused-ring (bicyclic) bond motifs is 6. The molecular formula is C33H21N5. The van der Waals surface area contributed by atoms with Crippen LogP contribution in [0.15, 0.2) is 128 Å². The summed E-state index contributed by atoms with van der Waals surface area (Å²) in [5.74, 6) is 0. The molecule has 0 aliphatic rings. The van der Waals surface area contributed by atoms with E-state index in [1.807, 2.05) is 42.7 Å². The molecule has 8 aromatic rings. The Kier molecular flexibility index (Phi) is 4.45. The smallest absolute Gasteiger partial charge is 0.116 e. The van der Waals surface area contributed by atoms with Crippen LogP contribution in [0.5, 0.6) is 0 Å². The lowest BCUT2D eigenvalue weighted by Crippen LogP contribution is -1.97. The van der Waals surface area contributed by atoms with Gasteiger partial charge in [0.25, 0.3) is 0 Å². The lowest BCUT2D eigenvalue weighted by Gasteiger charge is -2.10. The Morgan fingerprint density at radius 1 is 0.474 bits per heavy atom. The zero-order valence-electron chi connectivity index (χ0n) is 20.4. The van der Waals surface area contributed by atoms with Crippen molar-refractivity contribution in [1.29, 1.82) is 0 Å². The molecule has 3 aromatic carbocycles. The highest BCUT2D eigenvalue weighted by Gasteiger charge is 2.20. The van der Waals surface area contributed by atoms with Crippen molar-refractivity contribution in [3.8, 4) is 22.6 Å². The Balaban J connectivity index is 1.45. The summed E-state index contributed by atoms with van der Waals surface area (Å²) in [6.07, 6.45) is 3.79. The molecule has 0 saturated carbocycles. The van der Waals surface area contributed by atoms with E-state index < -0.39 is 0 Å². The van der Waals surface area contributed by atoms with Crippen molar-refractivity contribution in [1.82, 2.24) is 24.1 Å². The summed E-state index contributed by atoms with van der Waals surface area (Å²) >= 11 is 0. The first-order chi connectivity index (χ1) is 18.9. The number of hydrogen-bond acceptors (Lipinski definition) is 3. The molecule has 178 valence electrons. The van der Waals surface area contributed by atoms with E-state index in [1.165, 1.54) is 0 Å². The third kappa shape index (κ3) is 3.02. The van der Waals surface area contributed by atoms with Crippen molar-refractivity contribution in [2.45, 2.75) is 0 Å². The Bertz CT molecular complexity index is 2110. The van der Waals surface area contributed by atoms with Crippen molar-refractivity contribution in [3.05, 3.63) is 128 Å². The first-order valence-electron chi connectivity index (χ1n) is 12.6. The molecule has 5 heterocycles. The van der Waals surface area contributed by atoms with E-state index in [4.69, 9.17) is 15.0 Å². The molecule has 0 spiro atoms. The van der Waals surface area contributed by atoms with Gasteiger partial charge < -0.3 is 9.13 Å². The monoisotopic (exact) mass is 487 g/mol. The third-order valence-electron chi connectivity index (χ3n) is 7.21. The van der Waals surface area contributed by atoms with Gasteiger partial charge in [-0.25, -0.2) is 4.98 Å². The Morgan fingerprint density at radius 2 is 1.18 bits per heavy atom. The molecule has 0 saturated heterocycles. The van der Waals surface area contributed by atoms with E-state index in [1.54, 1.807) is 0 Å². The normalized spacial score (nSPS) is 11.7. The molecule has 0 N–H and O–H groups in total. The van der Waals surface area contributed by atoms with E-state index in [0.29, 0.717) is 0 Å². The summed E-state index contributed by atoms with van der Waals surface area (Å²) in [6, 6.07) is 39.7. The van der Waals surface area contributed by atoms with Gasteiger partial charge in [0.15, 0.2) is 0 Å². The molecule has 0 atom stereocenters. The molecule has 5 nitrogen and oxygen atoms in total. The van der Waals surface area contributed by atoms with Gasteiger partial charge in [-0.3, -0.25) is 9.97 Å². The first kappa shape index (κ1) is 20.9. The Hall–Kier alpha value is -5.29. The summed E-state index contributed by atoms with van der Waals surface area (Å²) in [6.45, 7) is 0. The lowest BCUT2D eigenvalue weighted by molar-refractivity contribution is 1.14. The average molecular weight is 488 g/mol. The standard InChI is InChI=1S/C33H21N5/c1-3-10-22(11-4-1)26-18-17-24(21-35-26)38-27-15-8-7-14-25(27)31-29(38)20-30-33(36-31)32-28(16-9-19-34-32)37(30)23-12-5-2-6-13-23/h1-21H. The molecule has 0 aliphatic heterocycles. The van der Waals surface area contributed by atoms with Crippen LogP contribution in [0, 0.1) is 0 Å². The lowest BCUT2D eigenvalue weighted by atomic mass is 10.1. The average Bonchev–Trinajstić information content (AvgIpc) is 3.49. The fourth-order valence-electron chi connectivity index (χ4n) is 5.53. The maximum Gasteiger partial charge on any atom is 0.116 e. The second-order valence-electron chi connectivity index (χ2n) is 9.39. The number of rotatable bonds is 3. The molecule has 5 heteroatoms. The Morgan fingerprint density at radius 3 is 2.00 bits per heavy atom. The van der Waals surface area contributed by atoms with Gasteiger partial charge in [0.2, 0.25) is 0 Å². The zero-order chi connectivity index (χ0) is 25.1. The number of aromatic nitrogens is 5. The van der Waals surface area contributed by atoms with Crippen molar-refractivity contribution in [2.24, 2.45) is 0 Å². The highest BCUT2D eigenvalue weighted by Crippen LogP contribution is 2.37. The third-order valence-corrected chi connectivity index (χ3v) is 7.21. The maximum absolute atomic E-state index is 5.27. The number of hydrogen-bond donors (Lipinski definition) is 0. The molecule has 0 radical (unpaired) electrons. The SMILES string of the molecule is c1ccc(-c2ccc(-n3c4ccccc4c4nc5c6ncccc6n(-c6ccccc6)c5cc43)cn2)cc1. The largest absolute Gasteiger partial charge is 0.306 e. The fraction of sp³-hybridized carbons (Fsp3) is 0. The van der Waals surface area contributed by atoms with Gasteiger partial charge in [0.05, 0.1) is 45.2 Å². The van der Waals surface area contributed by atoms with E-state index in [2.05, 4.69) is 94.1 Å². The van der Waals surface area contributed by atoms with Crippen LogP contribution < -0.4 is 0 Å². The fourth-order valence-corrected chi connectivity index (χ4v) is 5.53. The number of para-hydroxylation sites is 2. The predicted octanol–water partition coefficient (Wildman–Crippen LogP) is 7.73. The zero-order valence-corrected chi connectivity index (χ0v) is 20.4. The van der Waals surface area contributed by atoms with E-state index in [-0.39, 0.29) is 0 Å². The molecule has 0 unspecified atom stereocenters. The quantitative estimate of drug-likeness (QED) is 0.256. The van der Waals surface area contributed by atoms with Gasteiger partial charge >= 0.3 is 0 Å². The summed E-state index contributed by atoms with van der Waals surface area (Å²) in [5, 5.41) is 1.10. The molecule has 0 fully saturated rings. The van der Waals surface area contributed by atoms with Crippen LogP contribution >= 0.6 is 0 Å². The van der Waals surface area contributed by atoms with Crippen LogP contribution in [0.4, 0.5) is 0 Å². The van der Waals surface area contributed by atoms with Gasteiger partial charge in [-0.1, -0.05) is 66.7 Å². The summed E-state index contributed by atoms with van der Waals surface area (Å²) in [7, 11) is 0. The van der Waals surface area contributed by atoms with Gasteiger partial charge in [-0.05, 0) is 48.5 Å². The topological polar surface area (TPSA) is 48.5 Å². The van der Waals surface area contributed by atoms with E-state index in [0.717, 1.165) is 66.6 Å². The van der Waals surface area contributed by atoms with Crippen molar-refractivity contribution >= 4 is 44.0 Å². The van der Waals surface area contributed by atoms with Crippen molar-refractivity contribution < 1.29 is 0 Å². The molecule has 0 aliphatic carbocycles. The van der Waals surface area contributed by atoms with Crippen LogP contribution in [-0.4, -0.2) is 24.1 Å². The molecule has 0 bridgehead atoms. The van der Waals surface area contributed by atoms with E-state index >= 15 is 0 Å². The second-order valence-corrected chi connectivity index (χ2v) is 9.39. The van der Waals surface area contributed by atoms with Gasteiger partial charge in [0, 0.05) is 22.8 Å². The minimum Gasteiger partial charge on any atom is -0.306 e. The predicted molar refractivity (Wildman–Crippen MR) is 154 cm³/mol. The van der Waals surface area contributed by atoms with E-state index in [9.17, 15) is 0 Å². The minimum absolute atomic E-state index is 0.900. The van der Waals surface area contributed by atoms with Gasteiger partial charge in [-0.15, -0.1) is 0 Å². The van der Waals surface area contributed by atoms with Crippen LogP contribution in [0.2, 0.25) is 0 Å². The molecule has 8 rings (SSSR count). The second kappa shape index (κ2) is 8.11. The van der Waals surface area contributed by atoms with Crippen LogP contribution in [0.3, 0.4) is 0 Å². The van der Waals surface area contributed by atoms with Crippen LogP contribution in [0.1, 0.15) is 0 Å². The van der Waals surface area contributed by atoms with Gasteiger partial charge in [0.1, 0.15) is 11.0 Å². The van der Waals surface area contributed by atoms with Crippen LogP contribution in [-0.2, 0) is 0 Å². The van der Waals surface area contributed by atoms with Gasteiger partial charge in [-0.2, -0.15) is 0 Å². The Labute approximate surface area is 218 Å². The highest BCUT2D eigenvalue weighted by atomic mass is 15.0. The summed E-state index contributed by atoms with van der Waals surface area (Å²) < 4.78 is 4.52. The van der Waals surface area contributed by atoms with Crippen molar-refractivity contribution in [2.75, 3.05) is 0 Å². The summed E-state index contributed by atoms with van der Waals surface area (Å²) in [5.41, 5.74) is 11.1. The first-order valence-corrected chi connectivity index (χ1v) is 12.6. The summed E-state index contributed by atoms with van der Waals surface area (Å²) in [4.78, 5) is 14.8. The molecule has 38 heavy (non-hydrogen) atoms. The molecular weight excluding hydrogens is 466 g/mol. The van der Waals surface area contributed by atoms with Crippen LogP contribution in [0.25, 0.3) is 66.6 Å². The highest BCUT2D eigenvalue weighted by molar-refractivity contribution is 6.14. The maximum atomic E-state index is 5.27. The molecule has 5 aromatic heterocycles.